The van der Waals surface area contributed by atoms with E-state index in [9.17, 15) is 14.0 Å². The minimum absolute atomic E-state index is 0.0238. The van der Waals surface area contributed by atoms with E-state index in [0.29, 0.717) is 0 Å². The van der Waals surface area contributed by atoms with Gasteiger partial charge in [-0.2, -0.15) is 5.26 Å². The van der Waals surface area contributed by atoms with Crippen molar-refractivity contribution >= 4 is 29.4 Å². The lowest BCUT2D eigenvalue weighted by Crippen LogP contribution is -2.46. The van der Waals surface area contributed by atoms with E-state index in [1.165, 1.54) is 28.8 Å². The maximum atomic E-state index is 13.5. The number of carbonyl (C=O) groups is 2. The monoisotopic (exact) mass is 309 g/mol. The van der Waals surface area contributed by atoms with Gasteiger partial charge in [-0.05, 0) is 19.1 Å². The Kier molecular flexibility index (Phi) is 4.33. The Bertz CT molecular complexity index is 632. The summed E-state index contributed by atoms with van der Waals surface area (Å²) < 4.78 is 13.5. The van der Waals surface area contributed by atoms with Crippen LogP contribution in [0.25, 0.3) is 0 Å². The molecule has 21 heavy (non-hydrogen) atoms. The molecule has 8 heteroatoms. The highest BCUT2D eigenvalue weighted by molar-refractivity contribution is 8.00. The van der Waals surface area contributed by atoms with E-state index in [-0.39, 0.29) is 22.4 Å². The van der Waals surface area contributed by atoms with Gasteiger partial charge < -0.3 is 10.4 Å². The van der Waals surface area contributed by atoms with Gasteiger partial charge in [0, 0.05) is 5.75 Å². The zero-order valence-corrected chi connectivity index (χ0v) is 11.9. The SMILES string of the molecule is CC1SCC(C(=O)O)N1C(=O)Nc1cccc(F)c1C#N. The van der Waals surface area contributed by atoms with Gasteiger partial charge in [0.25, 0.3) is 0 Å². The number of aliphatic carboxylic acids is 1. The molecule has 0 bridgehead atoms. The molecule has 2 atom stereocenters. The third-order valence-corrected chi connectivity index (χ3v) is 4.33. The first-order valence-corrected chi connectivity index (χ1v) is 7.13. The average Bonchev–Trinajstić information content (AvgIpc) is 2.81. The van der Waals surface area contributed by atoms with Crippen LogP contribution < -0.4 is 5.32 Å². The fourth-order valence-electron chi connectivity index (χ4n) is 2.06. The fourth-order valence-corrected chi connectivity index (χ4v) is 3.23. The number of nitrogens with one attached hydrogen (secondary N) is 1. The Morgan fingerprint density at radius 1 is 1.57 bits per heavy atom. The van der Waals surface area contributed by atoms with Crippen molar-refractivity contribution < 1.29 is 19.1 Å². The van der Waals surface area contributed by atoms with Crippen LogP contribution in [0.15, 0.2) is 18.2 Å². The van der Waals surface area contributed by atoms with Gasteiger partial charge in [-0.15, -0.1) is 11.8 Å². The molecule has 1 fully saturated rings. The summed E-state index contributed by atoms with van der Waals surface area (Å²) in [5.41, 5.74) is -0.257. The first-order chi connectivity index (χ1) is 9.95. The molecular formula is C13H12FN3O3S. The second-order valence-corrected chi connectivity index (χ2v) is 5.75. The summed E-state index contributed by atoms with van der Waals surface area (Å²) in [7, 11) is 0. The Morgan fingerprint density at radius 2 is 2.29 bits per heavy atom. The molecule has 1 aromatic rings. The lowest BCUT2D eigenvalue weighted by Gasteiger charge is -2.25. The number of nitrogens with zero attached hydrogens (tertiary/aromatic N) is 2. The number of amides is 2. The Balaban J connectivity index is 2.24. The summed E-state index contributed by atoms with van der Waals surface area (Å²) in [4.78, 5) is 24.5. The first-order valence-electron chi connectivity index (χ1n) is 6.08. The molecular weight excluding hydrogens is 297 g/mol. The van der Waals surface area contributed by atoms with Gasteiger partial charge >= 0.3 is 12.0 Å². The Labute approximate surface area is 124 Å². The first kappa shape index (κ1) is 15.1. The van der Waals surface area contributed by atoms with Gasteiger partial charge in [0.05, 0.1) is 11.1 Å². The second-order valence-electron chi connectivity index (χ2n) is 4.40. The number of carboxylic acid groups (broad SMARTS) is 1. The molecule has 2 rings (SSSR count). The number of anilines is 1. The van der Waals surface area contributed by atoms with Gasteiger partial charge in [0.2, 0.25) is 0 Å². The van der Waals surface area contributed by atoms with Crippen molar-refractivity contribution in [2.24, 2.45) is 0 Å². The van der Waals surface area contributed by atoms with Crippen LogP contribution in [0.2, 0.25) is 0 Å². The van der Waals surface area contributed by atoms with Crippen molar-refractivity contribution in [2.75, 3.05) is 11.1 Å². The molecule has 0 aliphatic carbocycles. The fraction of sp³-hybridized carbons (Fsp3) is 0.308. The summed E-state index contributed by atoms with van der Waals surface area (Å²) in [6, 6.07) is 3.94. The number of hydrogen-bond donors (Lipinski definition) is 2. The molecule has 1 aliphatic rings. The average molecular weight is 309 g/mol. The van der Waals surface area contributed by atoms with Crippen LogP contribution >= 0.6 is 11.8 Å². The molecule has 1 heterocycles. The number of nitriles is 1. The highest BCUT2D eigenvalue weighted by Crippen LogP contribution is 2.30. The zero-order valence-electron chi connectivity index (χ0n) is 11.0. The van der Waals surface area contributed by atoms with Crippen molar-refractivity contribution in [3.63, 3.8) is 0 Å². The van der Waals surface area contributed by atoms with Crippen molar-refractivity contribution in [3.8, 4) is 6.07 Å². The van der Waals surface area contributed by atoms with Crippen LogP contribution in [-0.4, -0.2) is 39.2 Å². The molecule has 2 N–H and O–H groups in total. The molecule has 0 saturated carbocycles. The van der Waals surface area contributed by atoms with E-state index in [2.05, 4.69) is 5.32 Å². The molecule has 6 nitrogen and oxygen atoms in total. The molecule has 110 valence electrons. The van der Waals surface area contributed by atoms with Crippen LogP contribution in [-0.2, 0) is 4.79 Å². The van der Waals surface area contributed by atoms with Crippen LogP contribution in [0.1, 0.15) is 12.5 Å². The van der Waals surface area contributed by atoms with Gasteiger partial charge in [-0.1, -0.05) is 6.07 Å². The molecule has 2 amide bonds. The lowest BCUT2D eigenvalue weighted by molar-refractivity contribution is -0.141. The summed E-state index contributed by atoms with van der Waals surface area (Å²) in [6.07, 6.45) is 0. The van der Waals surface area contributed by atoms with Crippen LogP contribution in [0, 0.1) is 17.1 Å². The molecule has 1 aliphatic heterocycles. The number of carboxylic acids is 1. The third-order valence-electron chi connectivity index (χ3n) is 3.11. The van der Waals surface area contributed by atoms with Crippen molar-refractivity contribution in [1.29, 1.82) is 5.26 Å². The van der Waals surface area contributed by atoms with Crippen molar-refractivity contribution in [2.45, 2.75) is 18.3 Å². The maximum absolute atomic E-state index is 13.5. The molecule has 1 aromatic carbocycles. The quantitative estimate of drug-likeness (QED) is 0.872. The predicted molar refractivity (Wildman–Crippen MR) is 75.3 cm³/mol. The van der Waals surface area contributed by atoms with Crippen LogP contribution in [0.5, 0.6) is 0 Å². The number of benzene rings is 1. The number of carbonyl (C=O) groups excluding carboxylic acids is 1. The second kappa shape index (κ2) is 6.01. The predicted octanol–water partition coefficient (Wildman–Crippen LogP) is 2.08. The summed E-state index contributed by atoms with van der Waals surface area (Å²) in [6.45, 7) is 1.71. The molecule has 0 aromatic heterocycles. The molecule has 0 spiro atoms. The highest BCUT2D eigenvalue weighted by atomic mass is 32.2. The van der Waals surface area contributed by atoms with Gasteiger partial charge in [0.1, 0.15) is 23.5 Å². The van der Waals surface area contributed by atoms with Crippen molar-refractivity contribution in [1.82, 2.24) is 4.90 Å². The van der Waals surface area contributed by atoms with E-state index in [0.717, 1.165) is 6.07 Å². The molecule has 1 saturated heterocycles. The largest absolute Gasteiger partial charge is 0.480 e. The topological polar surface area (TPSA) is 93.4 Å². The molecule has 0 radical (unpaired) electrons. The molecule has 2 unspecified atom stereocenters. The number of rotatable bonds is 2. The number of halogens is 1. The van der Waals surface area contributed by atoms with E-state index in [4.69, 9.17) is 10.4 Å². The summed E-state index contributed by atoms with van der Waals surface area (Å²) >= 11 is 1.34. The summed E-state index contributed by atoms with van der Waals surface area (Å²) in [5, 5.41) is 20.1. The number of urea groups is 1. The Hall–Kier alpha value is -2.27. The smallest absolute Gasteiger partial charge is 0.327 e. The van der Waals surface area contributed by atoms with Crippen molar-refractivity contribution in [3.05, 3.63) is 29.6 Å². The van der Waals surface area contributed by atoms with E-state index in [1.807, 2.05) is 0 Å². The lowest BCUT2D eigenvalue weighted by atomic mass is 10.2. The number of thioether (sulfide) groups is 1. The summed E-state index contributed by atoms with van der Waals surface area (Å²) in [5.74, 6) is -1.55. The van der Waals surface area contributed by atoms with Gasteiger partial charge in [0.15, 0.2) is 0 Å². The minimum Gasteiger partial charge on any atom is -0.480 e. The zero-order chi connectivity index (χ0) is 15.6. The normalized spacial score (nSPS) is 20.9. The van der Waals surface area contributed by atoms with E-state index >= 15 is 0 Å². The van der Waals surface area contributed by atoms with Gasteiger partial charge in [-0.3, -0.25) is 4.90 Å². The van der Waals surface area contributed by atoms with Crippen LogP contribution in [0.3, 0.4) is 0 Å². The van der Waals surface area contributed by atoms with Gasteiger partial charge in [-0.25, -0.2) is 14.0 Å². The van der Waals surface area contributed by atoms with Crippen LogP contribution in [0.4, 0.5) is 14.9 Å². The van der Waals surface area contributed by atoms with E-state index < -0.39 is 23.9 Å². The third kappa shape index (κ3) is 2.92. The standard InChI is InChI=1S/C13H12FN3O3S/c1-7-17(11(6-21-7)12(18)19)13(20)16-10-4-2-3-9(14)8(10)5-15/h2-4,7,11H,6H2,1H3,(H,16,20)(H,18,19). The van der Waals surface area contributed by atoms with E-state index in [1.54, 1.807) is 13.0 Å². The minimum atomic E-state index is -1.10. The maximum Gasteiger partial charge on any atom is 0.327 e. The number of hydrogen-bond acceptors (Lipinski definition) is 4. The highest BCUT2D eigenvalue weighted by Gasteiger charge is 2.39. The Morgan fingerprint density at radius 3 is 2.90 bits per heavy atom.